The topological polar surface area (TPSA) is 83.0 Å². The standard InChI is InChI=1S/C19H20N4O2/c1-3-19(2)9-13-14(10-25-19)18(24)23(12-7-5-4-6-8-12)17-15(13)16(20)21-11-22-17/h4-8,11H,3,9-10H2,1-2H3,(H2,20,21,22)/t19-/m1/s1. The molecule has 0 saturated carbocycles. The molecule has 6 nitrogen and oxygen atoms in total. The van der Waals surface area contributed by atoms with Crippen LogP contribution in [-0.4, -0.2) is 20.1 Å². The second kappa shape index (κ2) is 5.67. The number of fused-ring (bicyclic) bond motifs is 3. The number of nitrogens with zero attached hydrogens (tertiary/aromatic N) is 3. The van der Waals surface area contributed by atoms with Gasteiger partial charge in [-0.25, -0.2) is 9.97 Å². The molecule has 0 fully saturated rings. The SMILES string of the molecule is CC[C@]1(C)Cc2c(c(=O)n(-c3ccccc3)c3ncnc(N)c23)CO1. The van der Waals surface area contributed by atoms with Crippen molar-refractivity contribution in [3.8, 4) is 5.69 Å². The molecular weight excluding hydrogens is 316 g/mol. The number of ether oxygens (including phenoxy) is 1. The Kier molecular flexibility index (Phi) is 3.58. The zero-order valence-corrected chi connectivity index (χ0v) is 14.3. The van der Waals surface area contributed by atoms with Crippen LogP contribution in [0.15, 0.2) is 41.5 Å². The summed E-state index contributed by atoms with van der Waals surface area (Å²) in [4.78, 5) is 21.8. The number of nitrogen functional groups attached to an aromatic ring is 1. The lowest BCUT2D eigenvalue weighted by atomic mass is 9.87. The van der Waals surface area contributed by atoms with Crippen molar-refractivity contribution >= 4 is 16.9 Å². The molecule has 2 aromatic heterocycles. The van der Waals surface area contributed by atoms with E-state index in [1.54, 1.807) is 4.57 Å². The smallest absolute Gasteiger partial charge is 0.262 e. The van der Waals surface area contributed by atoms with E-state index in [4.69, 9.17) is 10.5 Å². The Morgan fingerprint density at radius 1 is 1.24 bits per heavy atom. The van der Waals surface area contributed by atoms with Crippen LogP contribution in [0.3, 0.4) is 0 Å². The van der Waals surface area contributed by atoms with E-state index in [0.29, 0.717) is 23.4 Å². The molecule has 0 aliphatic carbocycles. The molecule has 1 aromatic carbocycles. The van der Waals surface area contributed by atoms with Crippen molar-refractivity contribution in [2.24, 2.45) is 0 Å². The summed E-state index contributed by atoms with van der Waals surface area (Å²) in [5.41, 5.74) is 8.64. The Balaban J connectivity index is 2.11. The lowest BCUT2D eigenvalue weighted by Crippen LogP contribution is -2.39. The van der Waals surface area contributed by atoms with Gasteiger partial charge in [-0.05, 0) is 31.0 Å². The van der Waals surface area contributed by atoms with Crippen molar-refractivity contribution in [2.45, 2.75) is 38.9 Å². The molecule has 0 saturated heterocycles. The summed E-state index contributed by atoms with van der Waals surface area (Å²) in [6.07, 6.45) is 2.88. The van der Waals surface area contributed by atoms with Gasteiger partial charge in [0.1, 0.15) is 12.1 Å². The fraction of sp³-hybridized carbons (Fsp3) is 0.316. The van der Waals surface area contributed by atoms with Gasteiger partial charge < -0.3 is 10.5 Å². The van der Waals surface area contributed by atoms with Crippen LogP contribution >= 0.6 is 0 Å². The predicted molar refractivity (Wildman–Crippen MR) is 96.7 cm³/mol. The molecule has 25 heavy (non-hydrogen) atoms. The monoisotopic (exact) mass is 336 g/mol. The Morgan fingerprint density at radius 3 is 2.72 bits per heavy atom. The molecule has 0 amide bonds. The molecule has 4 rings (SSSR count). The average molecular weight is 336 g/mol. The maximum atomic E-state index is 13.2. The van der Waals surface area contributed by atoms with Crippen LogP contribution in [0.4, 0.5) is 5.82 Å². The van der Waals surface area contributed by atoms with Gasteiger partial charge in [-0.3, -0.25) is 9.36 Å². The summed E-state index contributed by atoms with van der Waals surface area (Å²) in [6, 6.07) is 9.45. The van der Waals surface area contributed by atoms with Crippen molar-refractivity contribution in [2.75, 3.05) is 5.73 Å². The van der Waals surface area contributed by atoms with E-state index in [-0.39, 0.29) is 17.8 Å². The number of anilines is 1. The highest BCUT2D eigenvalue weighted by Crippen LogP contribution is 2.34. The predicted octanol–water partition coefficient (Wildman–Crippen LogP) is 2.60. The van der Waals surface area contributed by atoms with Crippen LogP contribution in [0, 0.1) is 0 Å². The zero-order valence-electron chi connectivity index (χ0n) is 14.3. The zero-order chi connectivity index (χ0) is 17.6. The van der Waals surface area contributed by atoms with Gasteiger partial charge >= 0.3 is 0 Å². The van der Waals surface area contributed by atoms with Gasteiger partial charge in [-0.2, -0.15) is 0 Å². The Hall–Kier alpha value is -2.73. The Labute approximate surface area is 145 Å². The molecular formula is C19H20N4O2. The van der Waals surface area contributed by atoms with E-state index in [0.717, 1.165) is 23.1 Å². The lowest BCUT2D eigenvalue weighted by molar-refractivity contribution is -0.0565. The molecule has 0 spiro atoms. The molecule has 0 unspecified atom stereocenters. The third-order valence-corrected chi connectivity index (χ3v) is 5.07. The van der Waals surface area contributed by atoms with E-state index in [9.17, 15) is 4.79 Å². The summed E-state index contributed by atoms with van der Waals surface area (Å²) < 4.78 is 7.61. The summed E-state index contributed by atoms with van der Waals surface area (Å²) >= 11 is 0. The van der Waals surface area contributed by atoms with E-state index in [1.807, 2.05) is 30.3 Å². The normalized spacial score (nSPS) is 19.8. The highest BCUT2D eigenvalue weighted by Gasteiger charge is 2.33. The molecule has 1 aliphatic rings. The van der Waals surface area contributed by atoms with Crippen molar-refractivity contribution in [3.63, 3.8) is 0 Å². The van der Waals surface area contributed by atoms with Gasteiger partial charge in [0, 0.05) is 12.0 Å². The maximum Gasteiger partial charge on any atom is 0.262 e. The van der Waals surface area contributed by atoms with Crippen molar-refractivity contribution in [1.29, 1.82) is 0 Å². The van der Waals surface area contributed by atoms with Crippen molar-refractivity contribution in [3.05, 3.63) is 58.1 Å². The highest BCUT2D eigenvalue weighted by atomic mass is 16.5. The van der Waals surface area contributed by atoms with E-state index >= 15 is 0 Å². The average Bonchev–Trinajstić information content (AvgIpc) is 2.62. The van der Waals surface area contributed by atoms with Crippen LogP contribution in [0.2, 0.25) is 0 Å². The Morgan fingerprint density at radius 2 is 2.00 bits per heavy atom. The first-order valence-electron chi connectivity index (χ1n) is 8.40. The summed E-state index contributed by atoms with van der Waals surface area (Å²) in [7, 11) is 0. The van der Waals surface area contributed by atoms with E-state index < -0.39 is 0 Å². The molecule has 1 aliphatic heterocycles. The van der Waals surface area contributed by atoms with Gasteiger partial charge in [0.05, 0.1) is 23.3 Å². The van der Waals surface area contributed by atoms with Crippen LogP contribution in [-0.2, 0) is 17.8 Å². The van der Waals surface area contributed by atoms with Crippen LogP contribution < -0.4 is 11.3 Å². The fourth-order valence-corrected chi connectivity index (χ4v) is 3.42. The molecule has 2 N–H and O–H groups in total. The van der Waals surface area contributed by atoms with Gasteiger partial charge in [-0.15, -0.1) is 0 Å². The summed E-state index contributed by atoms with van der Waals surface area (Å²) in [6.45, 7) is 4.42. The minimum absolute atomic E-state index is 0.107. The van der Waals surface area contributed by atoms with Gasteiger partial charge in [0.15, 0.2) is 5.65 Å². The van der Waals surface area contributed by atoms with E-state index in [1.165, 1.54) is 6.33 Å². The van der Waals surface area contributed by atoms with Crippen molar-refractivity contribution < 1.29 is 4.74 Å². The van der Waals surface area contributed by atoms with Crippen LogP contribution in [0.1, 0.15) is 31.4 Å². The van der Waals surface area contributed by atoms with E-state index in [2.05, 4.69) is 23.8 Å². The maximum absolute atomic E-state index is 13.2. The van der Waals surface area contributed by atoms with Gasteiger partial charge in [0.25, 0.3) is 5.56 Å². The largest absolute Gasteiger partial charge is 0.383 e. The van der Waals surface area contributed by atoms with Gasteiger partial charge in [-0.1, -0.05) is 25.1 Å². The number of benzene rings is 1. The second-order valence-electron chi connectivity index (χ2n) is 6.66. The highest BCUT2D eigenvalue weighted by molar-refractivity contribution is 5.90. The second-order valence-corrected chi connectivity index (χ2v) is 6.66. The third-order valence-electron chi connectivity index (χ3n) is 5.07. The molecule has 128 valence electrons. The molecule has 0 bridgehead atoms. The first-order chi connectivity index (χ1) is 12.0. The fourth-order valence-electron chi connectivity index (χ4n) is 3.42. The summed E-state index contributed by atoms with van der Waals surface area (Å²) in [5, 5.41) is 0.754. The first-order valence-corrected chi connectivity index (χ1v) is 8.40. The lowest BCUT2D eigenvalue weighted by Gasteiger charge is -2.35. The number of pyridine rings is 1. The first kappa shape index (κ1) is 15.8. The number of rotatable bonds is 2. The molecule has 3 heterocycles. The number of para-hydroxylation sites is 1. The number of aromatic nitrogens is 3. The molecule has 1 atom stereocenters. The number of hydrogen-bond donors (Lipinski definition) is 1. The number of hydrogen-bond acceptors (Lipinski definition) is 5. The van der Waals surface area contributed by atoms with Gasteiger partial charge in [0.2, 0.25) is 0 Å². The minimum atomic E-state index is -0.312. The van der Waals surface area contributed by atoms with Crippen molar-refractivity contribution in [1.82, 2.24) is 14.5 Å². The molecule has 3 aromatic rings. The van der Waals surface area contributed by atoms with Crippen LogP contribution in [0.25, 0.3) is 16.7 Å². The minimum Gasteiger partial charge on any atom is -0.383 e. The van der Waals surface area contributed by atoms with Crippen LogP contribution in [0.5, 0.6) is 0 Å². The summed E-state index contributed by atoms with van der Waals surface area (Å²) in [5.74, 6) is 0.395. The molecule has 6 heteroatoms. The quantitative estimate of drug-likeness (QED) is 0.778. The number of nitrogens with two attached hydrogens (primary N) is 1. The third kappa shape index (κ3) is 2.41. The molecule has 0 radical (unpaired) electrons. The Bertz CT molecular complexity index is 1010.